The smallest absolute Gasteiger partial charge is 0.257 e. The van der Waals surface area contributed by atoms with E-state index in [-0.39, 0.29) is 12.0 Å². The molecule has 2 aromatic rings. The van der Waals surface area contributed by atoms with Gasteiger partial charge in [0.1, 0.15) is 0 Å². The molecule has 6 heteroatoms. The Morgan fingerprint density at radius 3 is 3.16 bits per heavy atom. The third-order valence-corrected chi connectivity index (χ3v) is 3.29. The molecule has 0 saturated carbocycles. The van der Waals surface area contributed by atoms with Gasteiger partial charge in [-0.05, 0) is 19.9 Å². The van der Waals surface area contributed by atoms with Gasteiger partial charge in [-0.1, -0.05) is 5.16 Å². The van der Waals surface area contributed by atoms with Crippen LogP contribution in [0.2, 0.25) is 0 Å². The molecule has 0 N–H and O–H groups in total. The van der Waals surface area contributed by atoms with Crippen LogP contribution in [-0.4, -0.2) is 46.7 Å². The van der Waals surface area contributed by atoms with Crippen molar-refractivity contribution in [2.75, 3.05) is 19.7 Å². The molecule has 1 atom stereocenters. The van der Waals surface area contributed by atoms with E-state index in [9.17, 15) is 4.79 Å². The minimum absolute atomic E-state index is 0.0230. The summed E-state index contributed by atoms with van der Waals surface area (Å²) in [5.74, 6) is -0.0230. The molecule has 0 radical (unpaired) electrons. The number of carbonyl (C=O) groups is 1. The second kappa shape index (κ2) is 4.62. The van der Waals surface area contributed by atoms with Crippen molar-refractivity contribution in [3.63, 3.8) is 0 Å². The van der Waals surface area contributed by atoms with Crippen molar-refractivity contribution in [3.8, 4) is 0 Å². The number of fused-ring (bicyclic) bond motifs is 1. The van der Waals surface area contributed by atoms with Gasteiger partial charge in [0.2, 0.25) is 0 Å². The van der Waals surface area contributed by atoms with E-state index in [1.807, 2.05) is 13.8 Å². The number of aromatic nitrogens is 2. The predicted molar refractivity (Wildman–Crippen MR) is 67.9 cm³/mol. The number of hydrogen-bond donors (Lipinski definition) is 0. The lowest BCUT2D eigenvalue weighted by Crippen LogP contribution is -2.44. The summed E-state index contributed by atoms with van der Waals surface area (Å²) in [4.78, 5) is 18.3. The lowest BCUT2D eigenvalue weighted by molar-refractivity contribution is -0.0124. The molecule has 1 aliphatic heterocycles. The minimum atomic E-state index is -0.0230. The fraction of sp³-hybridized carbons (Fsp3) is 0.462. The number of rotatable bonds is 1. The fourth-order valence-electron chi connectivity index (χ4n) is 2.25. The molecule has 3 heterocycles. The van der Waals surface area contributed by atoms with Crippen LogP contribution >= 0.6 is 0 Å². The van der Waals surface area contributed by atoms with Gasteiger partial charge in [0.25, 0.3) is 11.6 Å². The Labute approximate surface area is 110 Å². The third kappa shape index (κ3) is 2.19. The first-order valence-electron chi connectivity index (χ1n) is 6.28. The van der Waals surface area contributed by atoms with Gasteiger partial charge in [-0.25, -0.2) is 4.98 Å². The fourth-order valence-corrected chi connectivity index (χ4v) is 2.25. The van der Waals surface area contributed by atoms with Crippen LogP contribution in [0.5, 0.6) is 0 Å². The molecule has 1 fully saturated rings. The number of hydrogen-bond acceptors (Lipinski definition) is 5. The topological polar surface area (TPSA) is 68.5 Å². The van der Waals surface area contributed by atoms with Crippen LogP contribution in [0.4, 0.5) is 0 Å². The van der Waals surface area contributed by atoms with Crippen molar-refractivity contribution in [1.29, 1.82) is 0 Å². The highest BCUT2D eigenvalue weighted by Crippen LogP contribution is 2.18. The molecule has 0 aliphatic carbocycles. The lowest BCUT2D eigenvalue weighted by Gasteiger charge is -2.31. The number of pyridine rings is 1. The number of aryl methyl sites for hydroxylation is 1. The molecule has 3 rings (SSSR count). The van der Waals surface area contributed by atoms with E-state index in [0.29, 0.717) is 31.0 Å². The molecule has 6 nitrogen and oxygen atoms in total. The molecule has 0 spiro atoms. The van der Waals surface area contributed by atoms with Gasteiger partial charge in [-0.15, -0.1) is 0 Å². The van der Waals surface area contributed by atoms with Gasteiger partial charge in [0, 0.05) is 19.3 Å². The quantitative estimate of drug-likeness (QED) is 0.776. The summed E-state index contributed by atoms with van der Waals surface area (Å²) < 4.78 is 10.5. The largest absolute Gasteiger partial charge is 0.375 e. The SMILES string of the molecule is Cc1noc2ncc(C(=O)N3CCO[C@H](C)C3)cc12. The molecular formula is C13H15N3O3. The summed E-state index contributed by atoms with van der Waals surface area (Å²) in [5.41, 5.74) is 1.77. The van der Waals surface area contributed by atoms with Crippen LogP contribution in [0, 0.1) is 6.92 Å². The number of carbonyl (C=O) groups excluding carboxylic acids is 1. The monoisotopic (exact) mass is 261 g/mol. The highest BCUT2D eigenvalue weighted by molar-refractivity contribution is 5.97. The van der Waals surface area contributed by atoms with Crippen LogP contribution in [0.15, 0.2) is 16.8 Å². The van der Waals surface area contributed by atoms with Crippen LogP contribution in [0.25, 0.3) is 11.1 Å². The van der Waals surface area contributed by atoms with E-state index < -0.39 is 0 Å². The van der Waals surface area contributed by atoms with Crippen LogP contribution < -0.4 is 0 Å². The molecule has 19 heavy (non-hydrogen) atoms. The Kier molecular flexibility index (Phi) is 2.94. The first-order valence-corrected chi connectivity index (χ1v) is 6.28. The van der Waals surface area contributed by atoms with Crippen LogP contribution in [-0.2, 0) is 4.74 Å². The molecule has 0 aromatic carbocycles. The normalized spacial score (nSPS) is 19.9. The maximum atomic E-state index is 12.4. The maximum absolute atomic E-state index is 12.4. The van der Waals surface area contributed by atoms with Crippen molar-refractivity contribution < 1.29 is 14.1 Å². The number of ether oxygens (including phenoxy) is 1. The van der Waals surface area contributed by atoms with E-state index in [1.165, 1.54) is 6.20 Å². The molecule has 0 unspecified atom stereocenters. The highest BCUT2D eigenvalue weighted by Gasteiger charge is 2.23. The molecular weight excluding hydrogens is 246 g/mol. The van der Waals surface area contributed by atoms with Crippen molar-refractivity contribution in [3.05, 3.63) is 23.5 Å². The Hall–Kier alpha value is -1.95. The number of morpholine rings is 1. The van der Waals surface area contributed by atoms with Crippen molar-refractivity contribution >= 4 is 17.0 Å². The minimum Gasteiger partial charge on any atom is -0.375 e. The third-order valence-electron chi connectivity index (χ3n) is 3.29. The summed E-state index contributed by atoms with van der Waals surface area (Å²) in [6.07, 6.45) is 1.61. The van der Waals surface area contributed by atoms with Gasteiger partial charge in [0.15, 0.2) is 0 Å². The van der Waals surface area contributed by atoms with Gasteiger partial charge in [0.05, 0.1) is 29.4 Å². The Bertz CT molecular complexity index is 623. The lowest BCUT2D eigenvalue weighted by atomic mass is 10.1. The maximum Gasteiger partial charge on any atom is 0.257 e. The zero-order valence-electron chi connectivity index (χ0n) is 10.9. The molecule has 0 bridgehead atoms. The zero-order chi connectivity index (χ0) is 13.4. The van der Waals surface area contributed by atoms with Crippen molar-refractivity contribution in [2.45, 2.75) is 20.0 Å². The predicted octanol–water partition coefficient (Wildman–Crippen LogP) is 1.39. The summed E-state index contributed by atoms with van der Waals surface area (Å²) in [7, 11) is 0. The average Bonchev–Trinajstić information content (AvgIpc) is 2.79. The summed E-state index contributed by atoms with van der Waals surface area (Å²) in [6, 6.07) is 1.79. The molecule has 100 valence electrons. The molecule has 1 saturated heterocycles. The van der Waals surface area contributed by atoms with Crippen LogP contribution in [0.1, 0.15) is 23.0 Å². The summed E-state index contributed by atoms with van der Waals surface area (Å²) in [5, 5.41) is 4.62. The standard InChI is InChI=1S/C13H15N3O3/c1-8-7-16(3-4-18-8)13(17)10-5-11-9(2)15-19-12(11)14-6-10/h5-6,8H,3-4,7H2,1-2H3/t8-/m1/s1. The Morgan fingerprint density at radius 1 is 1.53 bits per heavy atom. The van der Waals surface area contributed by atoms with E-state index in [2.05, 4.69) is 10.1 Å². The first kappa shape index (κ1) is 12.1. The Balaban J connectivity index is 1.90. The van der Waals surface area contributed by atoms with Gasteiger partial charge in [-0.2, -0.15) is 0 Å². The van der Waals surface area contributed by atoms with E-state index >= 15 is 0 Å². The second-order valence-electron chi connectivity index (χ2n) is 4.78. The number of nitrogens with zero attached hydrogens (tertiary/aromatic N) is 3. The van der Waals surface area contributed by atoms with E-state index in [4.69, 9.17) is 9.26 Å². The number of amides is 1. The first-order chi connectivity index (χ1) is 9.15. The second-order valence-corrected chi connectivity index (χ2v) is 4.78. The highest BCUT2D eigenvalue weighted by atomic mass is 16.5. The zero-order valence-corrected chi connectivity index (χ0v) is 10.9. The van der Waals surface area contributed by atoms with Crippen LogP contribution in [0.3, 0.4) is 0 Å². The van der Waals surface area contributed by atoms with Gasteiger partial charge < -0.3 is 14.2 Å². The van der Waals surface area contributed by atoms with Gasteiger partial charge >= 0.3 is 0 Å². The van der Waals surface area contributed by atoms with Crippen molar-refractivity contribution in [2.24, 2.45) is 0 Å². The van der Waals surface area contributed by atoms with Gasteiger partial charge in [-0.3, -0.25) is 4.79 Å². The van der Waals surface area contributed by atoms with Crippen molar-refractivity contribution in [1.82, 2.24) is 15.0 Å². The Morgan fingerprint density at radius 2 is 2.37 bits per heavy atom. The molecule has 2 aromatic heterocycles. The molecule has 1 aliphatic rings. The average molecular weight is 261 g/mol. The molecule has 1 amide bonds. The van der Waals surface area contributed by atoms with E-state index in [1.54, 1.807) is 11.0 Å². The van der Waals surface area contributed by atoms with E-state index in [0.717, 1.165) is 11.1 Å². The summed E-state index contributed by atoms with van der Waals surface area (Å²) >= 11 is 0. The summed E-state index contributed by atoms with van der Waals surface area (Å²) in [6.45, 7) is 5.60.